The second-order valence-electron chi connectivity index (χ2n) is 3.06. The van der Waals surface area contributed by atoms with Crippen LogP contribution in [0.2, 0.25) is 0 Å². The van der Waals surface area contributed by atoms with Crippen LogP contribution in [0.25, 0.3) is 0 Å². The summed E-state index contributed by atoms with van der Waals surface area (Å²) in [5.74, 6) is -1.23. The van der Waals surface area contributed by atoms with E-state index in [1.165, 1.54) is 6.92 Å². The van der Waals surface area contributed by atoms with E-state index in [0.29, 0.717) is 0 Å². The highest BCUT2D eigenvalue weighted by Gasteiger charge is 2.60. The molecular formula is C7H7Cl3O3. The normalized spacial score (nSPS) is 37.3. The lowest BCUT2D eigenvalue weighted by Gasteiger charge is -2.30. The monoisotopic (exact) mass is 244 g/mol. The smallest absolute Gasteiger partial charge is 0.316 e. The van der Waals surface area contributed by atoms with E-state index in [1.807, 2.05) is 0 Å². The third-order valence-electron chi connectivity index (χ3n) is 2.17. The zero-order valence-corrected chi connectivity index (χ0v) is 8.86. The first-order chi connectivity index (χ1) is 5.73. The Balaban J connectivity index is 3.22. The van der Waals surface area contributed by atoms with Crippen molar-refractivity contribution in [2.75, 3.05) is 0 Å². The second-order valence-corrected chi connectivity index (χ2v) is 4.88. The molecule has 0 radical (unpaired) electrons. The Morgan fingerprint density at radius 3 is 2.23 bits per heavy atom. The molecule has 0 bridgehead atoms. The number of rotatable bonds is 1. The summed E-state index contributed by atoms with van der Waals surface area (Å²) in [6, 6.07) is 0. The Morgan fingerprint density at radius 2 is 2.08 bits per heavy atom. The molecule has 0 amide bonds. The van der Waals surface area contributed by atoms with Crippen LogP contribution in [0, 0.1) is 5.41 Å². The average Bonchev–Trinajstić information content (AvgIpc) is 2.14. The third-order valence-corrected chi connectivity index (χ3v) is 3.68. The van der Waals surface area contributed by atoms with Gasteiger partial charge in [0.15, 0.2) is 4.33 Å². The first-order valence-corrected chi connectivity index (χ1v) is 4.54. The Kier molecular flexibility index (Phi) is 2.58. The molecule has 0 saturated carbocycles. The maximum atomic E-state index is 10.8. The summed E-state index contributed by atoms with van der Waals surface area (Å²) >= 11 is 17.0. The molecule has 6 heteroatoms. The molecule has 74 valence electrons. The zero-order valence-electron chi connectivity index (χ0n) is 6.59. The van der Waals surface area contributed by atoms with Crippen LogP contribution in [-0.4, -0.2) is 26.6 Å². The molecule has 0 unspecified atom stereocenters. The van der Waals surface area contributed by atoms with Crippen molar-refractivity contribution in [2.24, 2.45) is 5.41 Å². The van der Waals surface area contributed by atoms with Crippen molar-refractivity contribution in [1.29, 1.82) is 0 Å². The number of carbonyl (C=O) groups is 1. The first kappa shape index (κ1) is 11.1. The number of aliphatic hydroxyl groups is 1. The van der Waals surface area contributed by atoms with Crippen LogP contribution >= 0.6 is 34.8 Å². The van der Waals surface area contributed by atoms with Gasteiger partial charge in [-0.3, -0.25) is 4.79 Å². The molecule has 0 aromatic carbocycles. The van der Waals surface area contributed by atoms with Crippen LogP contribution in [0.4, 0.5) is 0 Å². The van der Waals surface area contributed by atoms with Crippen LogP contribution < -0.4 is 0 Å². The van der Waals surface area contributed by atoms with E-state index >= 15 is 0 Å². The van der Waals surface area contributed by atoms with Crippen LogP contribution in [-0.2, 0) is 4.79 Å². The fourth-order valence-corrected chi connectivity index (χ4v) is 2.11. The predicted octanol–water partition coefficient (Wildman–Crippen LogP) is 1.75. The third kappa shape index (κ3) is 1.34. The minimum atomic E-state index is -1.82. The number of alkyl halides is 2. The highest BCUT2D eigenvalue weighted by atomic mass is 35.5. The molecule has 1 aliphatic carbocycles. The van der Waals surface area contributed by atoms with Crippen molar-refractivity contribution >= 4 is 40.8 Å². The largest absolute Gasteiger partial charge is 0.481 e. The average molecular weight is 245 g/mol. The Bertz CT molecular complexity index is 287. The SMILES string of the molecule is C[C@@]1(C(=O)O)C=C(Cl)[C@@H](O)C1(Cl)Cl. The summed E-state index contributed by atoms with van der Waals surface area (Å²) in [5.41, 5.74) is -1.56. The number of hydrogen-bond donors (Lipinski definition) is 2. The number of hydrogen-bond acceptors (Lipinski definition) is 2. The number of carboxylic acid groups (broad SMARTS) is 1. The molecule has 0 aromatic rings. The fraction of sp³-hybridized carbons (Fsp3) is 0.571. The number of carboxylic acids is 1. The van der Waals surface area contributed by atoms with Gasteiger partial charge in [0, 0.05) is 5.03 Å². The molecule has 3 nitrogen and oxygen atoms in total. The van der Waals surface area contributed by atoms with Gasteiger partial charge in [-0.15, -0.1) is 0 Å². The van der Waals surface area contributed by atoms with Crippen molar-refractivity contribution in [2.45, 2.75) is 17.4 Å². The van der Waals surface area contributed by atoms with Crippen molar-refractivity contribution in [3.8, 4) is 0 Å². The van der Waals surface area contributed by atoms with E-state index in [1.54, 1.807) is 0 Å². The van der Waals surface area contributed by atoms with Gasteiger partial charge in [-0.25, -0.2) is 0 Å². The molecule has 2 atom stereocenters. The summed E-state index contributed by atoms with van der Waals surface area (Å²) in [4.78, 5) is 10.8. The lowest BCUT2D eigenvalue weighted by Crippen LogP contribution is -2.45. The highest BCUT2D eigenvalue weighted by Crippen LogP contribution is 2.53. The maximum Gasteiger partial charge on any atom is 0.316 e. The van der Waals surface area contributed by atoms with Gasteiger partial charge in [-0.2, -0.15) is 0 Å². The van der Waals surface area contributed by atoms with E-state index in [-0.39, 0.29) is 5.03 Å². The molecule has 13 heavy (non-hydrogen) atoms. The molecule has 0 aliphatic heterocycles. The molecule has 0 aromatic heterocycles. The number of halogens is 3. The van der Waals surface area contributed by atoms with E-state index in [4.69, 9.17) is 39.9 Å². The van der Waals surface area contributed by atoms with E-state index in [2.05, 4.69) is 0 Å². The highest BCUT2D eigenvalue weighted by molar-refractivity contribution is 6.52. The first-order valence-electron chi connectivity index (χ1n) is 3.41. The molecule has 0 spiro atoms. The minimum absolute atomic E-state index is 0.0464. The molecule has 0 fully saturated rings. The topological polar surface area (TPSA) is 57.5 Å². The fourth-order valence-electron chi connectivity index (χ4n) is 1.11. The van der Waals surface area contributed by atoms with Gasteiger partial charge < -0.3 is 10.2 Å². The molecular weight excluding hydrogens is 238 g/mol. The Hall–Kier alpha value is 0.0400. The Labute approximate surface area is 89.9 Å². The molecule has 2 N–H and O–H groups in total. The summed E-state index contributed by atoms with van der Waals surface area (Å²) in [6.07, 6.45) is -0.208. The predicted molar refractivity (Wildman–Crippen MR) is 50.1 cm³/mol. The maximum absolute atomic E-state index is 10.8. The lowest BCUT2D eigenvalue weighted by atomic mass is 9.89. The van der Waals surface area contributed by atoms with Gasteiger partial charge in [-0.1, -0.05) is 34.8 Å². The van der Waals surface area contributed by atoms with Gasteiger partial charge in [0.1, 0.15) is 11.5 Å². The summed E-state index contributed by atoms with van der Waals surface area (Å²) in [5, 5.41) is 18.2. The van der Waals surface area contributed by atoms with Crippen LogP contribution in [0.1, 0.15) is 6.92 Å². The number of aliphatic hydroxyl groups excluding tert-OH is 1. The van der Waals surface area contributed by atoms with Crippen molar-refractivity contribution in [3.05, 3.63) is 11.1 Å². The van der Waals surface area contributed by atoms with Gasteiger partial charge in [0.05, 0.1) is 0 Å². The van der Waals surface area contributed by atoms with Gasteiger partial charge >= 0.3 is 5.97 Å². The molecule has 1 aliphatic rings. The quantitative estimate of drug-likeness (QED) is 0.692. The van der Waals surface area contributed by atoms with E-state index in [9.17, 15) is 9.90 Å². The second kappa shape index (κ2) is 3.02. The summed E-state index contributed by atoms with van der Waals surface area (Å²) in [7, 11) is 0. The van der Waals surface area contributed by atoms with Gasteiger partial charge in [-0.05, 0) is 13.0 Å². The molecule has 1 rings (SSSR count). The molecule has 0 saturated heterocycles. The van der Waals surface area contributed by atoms with Gasteiger partial charge in [0.2, 0.25) is 0 Å². The van der Waals surface area contributed by atoms with Crippen molar-refractivity contribution in [1.82, 2.24) is 0 Å². The Morgan fingerprint density at radius 1 is 1.62 bits per heavy atom. The standard InChI is InChI=1S/C7H7Cl3O3/c1-6(5(12)13)2-3(8)4(11)7(6,9)10/h2,4,11H,1H3,(H,12,13)/t4-,6+/m1/s1. The van der Waals surface area contributed by atoms with Crippen molar-refractivity contribution in [3.63, 3.8) is 0 Å². The van der Waals surface area contributed by atoms with Gasteiger partial charge in [0.25, 0.3) is 0 Å². The van der Waals surface area contributed by atoms with E-state index < -0.39 is 21.8 Å². The van der Waals surface area contributed by atoms with E-state index in [0.717, 1.165) is 6.08 Å². The summed E-state index contributed by atoms with van der Waals surface area (Å²) < 4.78 is -1.82. The van der Waals surface area contributed by atoms with Crippen LogP contribution in [0.5, 0.6) is 0 Å². The minimum Gasteiger partial charge on any atom is -0.481 e. The van der Waals surface area contributed by atoms with Crippen LogP contribution in [0.15, 0.2) is 11.1 Å². The van der Waals surface area contributed by atoms with Crippen LogP contribution in [0.3, 0.4) is 0 Å². The lowest BCUT2D eigenvalue weighted by molar-refractivity contribution is -0.146. The zero-order chi connectivity index (χ0) is 10.4. The summed E-state index contributed by atoms with van der Waals surface area (Å²) in [6.45, 7) is 1.30. The van der Waals surface area contributed by atoms with Crippen molar-refractivity contribution < 1.29 is 15.0 Å². The molecule has 0 heterocycles. The number of aliphatic carboxylic acids is 1.